The van der Waals surface area contributed by atoms with Crippen molar-refractivity contribution in [3.8, 4) is 0 Å². The Bertz CT molecular complexity index is 174. The molecule has 0 aromatic rings. The second-order valence-corrected chi connectivity index (χ2v) is 24.1. The fraction of sp³-hybridized carbons (Fsp3) is 1.00. The van der Waals surface area contributed by atoms with Gasteiger partial charge in [0.2, 0.25) is 0 Å². The standard InChI is InChI=1S/C9H25ClOSi3/c1-12(2,3)9(10,13(4,5)6)14(7,8)11/h11H,1-8H3. The van der Waals surface area contributed by atoms with Crippen LogP contribution in [0.4, 0.5) is 0 Å². The molecule has 0 spiro atoms. The first-order valence-electron chi connectivity index (χ1n) is 5.16. The predicted octanol–water partition coefficient (Wildman–Crippen LogP) is 3.46. The van der Waals surface area contributed by atoms with E-state index in [9.17, 15) is 4.80 Å². The molecule has 0 saturated carbocycles. The molecule has 1 nitrogen and oxygen atoms in total. The summed E-state index contributed by atoms with van der Waals surface area (Å²) in [6, 6.07) is 0. The lowest BCUT2D eigenvalue weighted by atomic mass is 11.6. The van der Waals surface area contributed by atoms with Gasteiger partial charge in [0.15, 0.2) is 8.32 Å². The molecule has 0 bridgehead atoms. The first-order chi connectivity index (χ1) is 5.75. The zero-order valence-electron chi connectivity index (χ0n) is 10.8. The van der Waals surface area contributed by atoms with E-state index in [0.29, 0.717) is 0 Å². The number of hydrogen-bond acceptors (Lipinski definition) is 1. The second-order valence-electron chi connectivity index (χ2n) is 6.72. The maximum atomic E-state index is 10.5. The lowest BCUT2D eigenvalue weighted by Crippen LogP contribution is -2.75. The van der Waals surface area contributed by atoms with E-state index in [-0.39, 0.29) is 3.74 Å². The molecular formula is C9H25ClOSi3. The largest absolute Gasteiger partial charge is 0.431 e. The smallest absolute Gasteiger partial charge is 0.197 e. The molecule has 1 N–H and O–H groups in total. The van der Waals surface area contributed by atoms with Gasteiger partial charge in [-0.1, -0.05) is 39.3 Å². The third-order valence-corrected chi connectivity index (χ3v) is 26.2. The fourth-order valence-electron chi connectivity index (χ4n) is 2.96. The Balaban J connectivity index is 5.54. The zero-order valence-corrected chi connectivity index (χ0v) is 14.6. The van der Waals surface area contributed by atoms with Gasteiger partial charge in [-0.15, -0.1) is 11.6 Å². The summed E-state index contributed by atoms with van der Waals surface area (Å²) in [5.41, 5.74) is 0. The van der Waals surface area contributed by atoms with Crippen LogP contribution in [0.1, 0.15) is 0 Å². The molecule has 0 heterocycles. The fourth-order valence-corrected chi connectivity index (χ4v) is 26.6. The summed E-state index contributed by atoms with van der Waals surface area (Å²) in [5.74, 6) is 0. The molecule has 0 rings (SSSR count). The van der Waals surface area contributed by atoms with Crippen molar-refractivity contribution in [2.45, 2.75) is 56.1 Å². The summed E-state index contributed by atoms with van der Waals surface area (Å²) in [4.78, 5) is 10.5. The average Bonchev–Trinajstić information content (AvgIpc) is 1.77. The van der Waals surface area contributed by atoms with E-state index in [2.05, 4.69) is 39.3 Å². The summed E-state index contributed by atoms with van der Waals surface area (Å²) < 4.78 is -0.243. The van der Waals surface area contributed by atoms with E-state index in [1.807, 2.05) is 13.1 Å². The lowest BCUT2D eigenvalue weighted by molar-refractivity contribution is 0.547. The maximum absolute atomic E-state index is 10.5. The van der Waals surface area contributed by atoms with Crippen LogP contribution in [-0.2, 0) is 0 Å². The van der Waals surface area contributed by atoms with E-state index in [4.69, 9.17) is 11.6 Å². The molecule has 0 aromatic heterocycles. The van der Waals surface area contributed by atoms with Crippen LogP contribution in [0, 0.1) is 0 Å². The average molecular weight is 269 g/mol. The highest BCUT2D eigenvalue weighted by Gasteiger charge is 2.60. The van der Waals surface area contributed by atoms with Gasteiger partial charge in [0.25, 0.3) is 0 Å². The summed E-state index contributed by atoms with van der Waals surface area (Å²) >= 11 is 6.90. The van der Waals surface area contributed by atoms with Crippen molar-refractivity contribution in [3.05, 3.63) is 0 Å². The van der Waals surface area contributed by atoms with Gasteiger partial charge in [0.1, 0.15) is 0 Å². The topological polar surface area (TPSA) is 20.2 Å². The Labute approximate surface area is 97.0 Å². The summed E-state index contributed by atoms with van der Waals surface area (Å²) in [6.45, 7) is 17.7. The maximum Gasteiger partial charge on any atom is 0.197 e. The molecule has 0 aliphatic heterocycles. The van der Waals surface area contributed by atoms with Crippen LogP contribution in [-0.4, -0.2) is 33.0 Å². The molecule has 0 saturated heterocycles. The van der Waals surface area contributed by atoms with E-state index in [1.165, 1.54) is 0 Å². The van der Waals surface area contributed by atoms with Crippen molar-refractivity contribution >= 4 is 36.1 Å². The SMILES string of the molecule is C[Si](C)(C)C(Cl)([Si](C)(C)C)[Si](C)(C)O. The minimum absolute atomic E-state index is 0.243. The van der Waals surface area contributed by atoms with Crippen LogP contribution in [0.5, 0.6) is 0 Å². The van der Waals surface area contributed by atoms with E-state index in [0.717, 1.165) is 0 Å². The minimum Gasteiger partial charge on any atom is -0.431 e. The number of hydrogen-bond donors (Lipinski definition) is 1. The summed E-state index contributed by atoms with van der Waals surface area (Å²) in [6.07, 6.45) is 0. The van der Waals surface area contributed by atoms with Gasteiger partial charge in [0, 0.05) is 3.74 Å². The highest BCUT2D eigenvalue weighted by atomic mass is 35.5. The van der Waals surface area contributed by atoms with Crippen LogP contribution < -0.4 is 0 Å². The van der Waals surface area contributed by atoms with Crippen LogP contribution in [0.3, 0.4) is 0 Å². The molecule has 5 heteroatoms. The summed E-state index contributed by atoms with van der Waals surface area (Å²) in [5, 5.41) is 0. The molecule has 0 atom stereocenters. The van der Waals surface area contributed by atoms with Gasteiger partial charge in [0.05, 0.1) is 16.1 Å². The van der Waals surface area contributed by atoms with E-state index < -0.39 is 24.5 Å². The Morgan fingerprint density at radius 2 is 1.00 bits per heavy atom. The normalized spacial score (nSPS) is 15.9. The van der Waals surface area contributed by atoms with Crippen molar-refractivity contribution in [2.75, 3.05) is 0 Å². The van der Waals surface area contributed by atoms with Crippen molar-refractivity contribution in [1.82, 2.24) is 0 Å². The van der Waals surface area contributed by atoms with Crippen LogP contribution in [0.2, 0.25) is 52.4 Å². The van der Waals surface area contributed by atoms with Gasteiger partial charge in [-0.2, -0.15) is 0 Å². The molecule has 14 heavy (non-hydrogen) atoms. The minimum atomic E-state index is -2.29. The Hall–Kier alpha value is 0.901. The van der Waals surface area contributed by atoms with Gasteiger partial charge >= 0.3 is 0 Å². The number of alkyl halides is 1. The molecule has 0 amide bonds. The second kappa shape index (κ2) is 3.73. The Morgan fingerprint density at radius 1 is 0.786 bits per heavy atom. The number of halogens is 1. The molecule has 0 unspecified atom stereocenters. The quantitative estimate of drug-likeness (QED) is 0.614. The van der Waals surface area contributed by atoms with E-state index >= 15 is 0 Å². The van der Waals surface area contributed by atoms with Crippen molar-refractivity contribution in [3.63, 3.8) is 0 Å². The van der Waals surface area contributed by atoms with Crippen molar-refractivity contribution in [2.24, 2.45) is 0 Å². The molecule has 0 aliphatic carbocycles. The highest BCUT2D eigenvalue weighted by molar-refractivity contribution is 7.21. The zero-order chi connectivity index (χ0) is 12.0. The molecule has 86 valence electrons. The molecular weight excluding hydrogens is 244 g/mol. The third-order valence-electron chi connectivity index (χ3n) is 2.91. The molecule has 0 radical (unpaired) electrons. The third kappa shape index (κ3) is 2.35. The first-order valence-corrected chi connectivity index (χ1v) is 15.5. The van der Waals surface area contributed by atoms with Crippen LogP contribution >= 0.6 is 11.6 Å². The lowest BCUT2D eigenvalue weighted by Gasteiger charge is -2.52. The predicted molar refractivity (Wildman–Crippen MR) is 75.0 cm³/mol. The van der Waals surface area contributed by atoms with E-state index in [1.54, 1.807) is 0 Å². The molecule has 0 fully saturated rings. The highest BCUT2D eigenvalue weighted by Crippen LogP contribution is 2.43. The van der Waals surface area contributed by atoms with Gasteiger partial charge < -0.3 is 4.80 Å². The van der Waals surface area contributed by atoms with Gasteiger partial charge in [-0.25, -0.2) is 0 Å². The van der Waals surface area contributed by atoms with Crippen LogP contribution in [0.25, 0.3) is 0 Å². The molecule has 0 aromatic carbocycles. The van der Waals surface area contributed by atoms with Crippen molar-refractivity contribution < 1.29 is 4.80 Å². The van der Waals surface area contributed by atoms with Crippen LogP contribution in [0.15, 0.2) is 0 Å². The summed E-state index contributed by atoms with van der Waals surface area (Å²) in [7, 11) is -5.38. The molecule has 0 aliphatic rings. The monoisotopic (exact) mass is 268 g/mol. The van der Waals surface area contributed by atoms with Crippen molar-refractivity contribution in [1.29, 1.82) is 0 Å². The Morgan fingerprint density at radius 3 is 1.00 bits per heavy atom. The van der Waals surface area contributed by atoms with Gasteiger partial charge in [-0.05, 0) is 13.1 Å². The van der Waals surface area contributed by atoms with Gasteiger partial charge in [-0.3, -0.25) is 0 Å². The Kier molecular flexibility index (Phi) is 3.97. The number of rotatable bonds is 3. The first kappa shape index (κ1) is 14.9.